The summed E-state index contributed by atoms with van der Waals surface area (Å²) in [5.74, 6) is -0.0924. The normalized spacial score (nSPS) is 23.1. The minimum Gasteiger partial charge on any atom is -0.382 e. The van der Waals surface area contributed by atoms with Gasteiger partial charge in [0.25, 0.3) is 0 Å². The van der Waals surface area contributed by atoms with Crippen molar-refractivity contribution in [1.29, 1.82) is 0 Å². The standard InChI is InChI=1S/C15H28N2O4/c1-6-12-13(18)16-15(7-2,8-3)14(19)17(12)9-11(21-5)10-20-4/h11-12H,6-10H2,1-5H3,(H,16,18). The highest BCUT2D eigenvalue weighted by Gasteiger charge is 2.48. The van der Waals surface area contributed by atoms with E-state index in [9.17, 15) is 9.59 Å². The number of methoxy groups -OCH3 is 2. The van der Waals surface area contributed by atoms with E-state index < -0.39 is 11.6 Å². The van der Waals surface area contributed by atoms with Crippen molar-refractivity contribution in [2.75, 3.05) is 27.4 Å². The van der Waals surface area contributed by atoms with Gasteiger partial charge in [0.2, 0.25) is 11.8 Å². The molecule has 1 aliphatic rings. The lowest BCUT2D eigenvalue weighted by Crippen LogP contribution is -2.70. The number of rotatable bonds is 8. The maximum atomic E-state index is 12.9. The molecule has 2 unspecified atom stereocenters. The number of nitrogens with one attached hydrogen (secondary N) is 1. The maximum absolute atomic E-state index is 12.9. The minimum absolute atomic E-state index is 0.0166. The molecule has 1 aliphatic heterocycles. The van der Waals surface area contributed by atoms with Gasteiger partial charge in [-0.1, -0.05) is 20.8 Å². The zero-order valence-corrected chi connectivity index (χ0v) is 13.8. The molecule has 122 valence electrons. The fourth-order valence-corrected chi connectivity index (χ4v) is 2.88. The van der Waals surface area contributed by atoms with Crippen molar-refractivity contribution in [1.82, 2.24) is 10.2 Å². The van der Waals surface area contributed by atoms with Crippen molar-refractivity contribution in [3.05, 3.63) is 0 Å². The highest BCUT2D eigenvalue weighted by Crippen LogP contribution is 2.26. The smallest absolute Gasteiger partial charge is 0.249 e. The van der Waals surface area contributed by atoms with Crippen LogP contribution in [0.15, 0.2) is 0 Å². The fourth-order valence-electron chi connectivity index (χ4n) is 2.88. The highest BCUT2D eigenvalue weighted by molar-refractivity contribution is 5.99. The summed E-state index contributed by atoms with van der Waals surface area (Å²) in [5, 5.41) is 2.93. The van der Waals surface area contributed by atoms with Crippen LogP contribution >= 0.6 is 0 Å². The summed E-state index contributed by atoms with van der Waals surface area (Å²) in [6.45, 7) is 6.53. The van der Waals surface area contributed by atoms with E-state index in [0.717, 1.165) is 0 Å². The Labute approximate surface area is 127 Å². The second-order valence-electron chi connectivity index (χ2n) is 5.47. The molecule has 1 heterocycles. The molecule has 1 N–H and O–H groups in total. The van der Waals surface area contributed by atoms with Crippen molar-refractivity contribution in [2.45, 2.75) is 57.7 Å². The van der Waals surface area contributed by atoms with Crippen molar-refractivity contribution in [2.24, 2.45) is 0 Å². The molecule has 6 heteroatoms. The summed E-state index contributed by atoms with van der Waals surface area (Å²) in [5.41, 5.74) is -0.784. The average Bonchev–Trinajstić information content (AvgIpc) is 2.50. The first-order valence-corrected chi connectivity index (χ1v) is 7.64. The molecule has 6 nitrogen and oxygen atoms in total. The Morgan fingerprint density at radius 1 is 1.24 bits per heavy atom. The number of ether oxygens (including phenoxy) is 2. The van der Waals surface area contributed by atoms with Crippen molar-refractivity contribution >= 4 is 11.8 Å². The molecule has 1 fully saturated rings. The lowest BCUT2D eigenvalue weighted by Gasteiger charge is -2.46. The van der Waals surface area contributed by atoms with Crippen molar-refractivity contribution in [3.8, 4) is 0 Å². The minimum atomic E-state index is -0.784. The van der Waals surface area contributed by atoms with Crippen LogP contribution in [0.2, 0.25) is 0 Å². The van der Waals surface area contributed by atoms with Crippen LogP contribution in [0, 0.1) is 0 Å². The number of amides is 2. The van der Waals surface area contributed by atoms with Gasteiger partial charge in [0, 0.05) is 14.2 Å². The van der Waals surface area contributed by atoms with Gasteiger partial charge in [-0.05, 0) is 19.3 Å². The largest absolute Gasteiger partial charge is 0.382 e. The Bertz CT molecular complexity index is 369. The molecule has 0 spiro atoms. The summed E-state index contributed by atoms with van der Waals surface area (Å²) >= 11 is 0. The van der Waals surface area contributed by atoms with Gasteiger partial charge in [-0.25, -0.2) is 0 Å². The molecule has 1 saturated heterocycles. The first kappa shape index (κ1) is 17.9. The van der Waals surface area contributed by atoms with Crippen molar-refractivity contribution < 1.29 is 19.1 Å². The predicted molar refractivity (Wildman–Crippen MR) is 79.9 cm³/mol. The van der Waals surface area contributed by atoms with Gasteiger partial charge >= 0.3 is 0 Å². The molecule has 2 atom stereocenters. The molecule has 0 bridgehead atoms. The summed E-state index contributed by atoms with van der Waals surface area (Å²) in [4.78, 5) is 26.9. The third-order valence-corrected chi connectivity index (χ3v) is 4.39. The Balaban J connectivity index is 3.03. The molecular formula is C15H28N2O4. The van der Waals surface area contributed by atoms with E-state index in [2.05, 4.69) is 5.32 Å². The Morgan fingerprint density at radius 2 is 1.86 bits per heavy atom. The number of hydrogen-bond acceptors (Lipinski definition) is 4. The highest BCUT2D eigenvalue weighted by atomic mass is 16.5. The van der Waals surface area contributed by atoms with Gasteiger partial charge in [0.15, 0.2) is 0 Å². The number of carbonyl (C=O) groups excluding carboxylic acids is 2. The predicted octanol–water partition coefficient (Wildman–Crippen LogP) is 0.944. The second-order valence-corrected chi connectivity index (χ2v) is 5.47. The number of nitrogens with zero attached hydrogens (tertiary/aromatic N) is 1. The molecule has 1 rings (SSSR count). The first-order chi connectivity index (χ1) is 9.99. The Hall–Kier alpha value is -1.14. The number of piperazine rings is 1. The van der Waals surface area contributed by atoms with Crippen molar-refractivity contribution in [3.63, 3.8) is 0 Å². The molecule has 0 aromatic heterocycles. The van der Waals surface area contributed by atoms with E-state index in [1.165, 1.54) is 0 Å². The van der Waals surface area contributed by atoms with Gasteiger partial charge in [-0.15, -0.1) is 0 Å². The molecular weight excluding hydrogens is 272 g/mol. The zero-order valence-electron chi connectivity index (χ0n) is 13.8. The van der Waals surface area contributed by atoms with E-state index >= 15 is 0 Å². The van der Waals surface area contributed by atoms with E-state index in [4.69, 9.17) is 9.47 Å². The average molecular weight is 300 g/mol. The quantitative estimate of drug-likeness (QED) is 0.724. The first-order valence-electron chi connectivity index (χ1n) is 7.64. The van der Waals surface area contributed by atoms with Gasteiger partial charge in [-0.2, -0.15) is 0 Å². The van der Waals surface area contributed by atoms with E-state index in [-0.39, 0.29) is 17.9 Å². The van der Waals surface area contributed by atoms with Crippen LogP contribution < -0.4 is 5.32 Å². The van der Waals surface area contributed by atoms with Crippen LogP contribution in [0.25, 0.3) is 0 Å². The third kappa shape index (κ3) is 3.55. The topological polar surface area (TPSA) is 67.9 Å². The van der Waals surface area contributed by atoms with E-state index in [1.807, 2.05) is 20.8 Å². The molecule has 21 heavy (non-hydrogen) atoms. The van der Waals surface area contributed by atoms with Crippen LogP contribution in [0.4, 0.5) is 0 Å². The van der Waals surface area contributed by atoms with E-state index in [1.54, 1.807) is 19.1 Å². The second kappa shape index (κ2) is 7.75. The van der Waals surface area contributed by atoms with Crippen LogP contribution in [0.3, 0.4) is 0 Å². The van der Waals surface area contributed by atoms with Gasteiger partial charge in [-0.3, -0.25) is 9.59 Å². The fraction of sp³-hybridized carbons (Fsp3) is 0.867. The molecule has 0 aromatic rings. The van der Waals surface area contributed by atoms with E-state index in [0.29, 0.717) is 32.4 Å². The summed E-state index contributed by atoms with van der Waals surface area (Å²) in [7, 11) is 3.18. The number of hydrogen-bond donors (Lipinski definition) is 1. The lowest BCUT2D eigenvalue weighted by molar-refractivity contribution is -0.158. The maximum Gasteiger partial charge on any atom is 0.249 e. The SMILES string of the molecule is CCC1C(=O)NC(CC)(CC)C(=O)N1CC(COC)OC. The van der Waals surface area contributed by atoms with Gasteiger partial charge < -0.3 is 19.7 Å². The molecule has 0 radical (unpaired) electrons. The monoisotopic (exact) mass is 300 g/mol. The van der Waals surface area contributed by atoms with Gasteiger partial charge in [0.1, 0.15) is 11.6 Å². The van der Waals surface area contributed by atoms with Gasteiger partial charge in [0.05, 0.1) is 19.3 Å². The molecule has 0 aliphatic carbocycles. The summed E-state index contributed by atoms with van der Waals surface area (Å²) in [6.07, 6.45) is 1.53. The van der Waals surface area contributed by atoms with Crippen LogP contribution in [0.1, 0.15) is 40.0 Å². The lowest BCUT2D eigenvalue weighted by atomic mass is 9.86. The molecule has 0 saturated carbocycles. The third-order valence-electron chi connectivity index (χ3n) is 4.39. The van der Waals surface area contributed by atoms with Crippen LogP contribution in [-0.4, -0.2) is 61.8 Å². The van der Waals surface area contributed by atoms with Crippen LogP contribution in [0.5, 0.6) is 0 Å². The molecule has 0 aromatic carbocycles. The Morgan fingerprint density at radius 3 is 2.29 bits per heavy atom. The molecule has 2 amide bonds. The Kier molecular flexibility index (Phi) is 6.61. The number of carbonyl (C=O) groups is 2. The zero-order chi connectivity index (χ0) is 16.0. The summed E-state index contributed by atoms with van der Waals surface area (Å²) < 4.78 is 10.5. The summed E-state index contributed by atoms with van der Waals surface area (Å²) in [6, 6.07) is -0.432. The van der Waals surface area contributed by atoms with Crippen LogP contribution in [-0.2, 0) is 19.1 Å².